The predicted molar refractivity (Wildman–Crippen MR) is 68.2 cm³/mol. The minimum absolute atomic E-state index is 0.129. The molecule has 0 aliphatic carbocycles. The van der Waals surface area contributed by atoms with Crippen molar-refractivity contribution >= 4 is 17.5 Å². The van der Waals surface area contributed by atoms with Gasteiger partial charge in [-0.2, -0.15) is 0 Å². The highest BCUT2D eigenvalue weighted by Gasteiger charge is 2.17. The molecular weight excluding hydrogens is 260 g/mol. The summed E-state index contributed by atoms with van der Waals surface area (Å²) < 4.78 is 24.6. The van der Waals surface area contributed by atoms with Crippen molar-refractivity contribution in [3.63, 3.8) is 0 Å². The van der Waals surface area contributed by atoms with Gasteiger partial charge in [-0.1, -0.05) is 29.8 Å². The van der Waals surface area contributed by atoms with E-state index in [9.17, 15) is 13.6 Å². The van der Waals surface area contributed by atoms with Crippen LogP contribution < -0.4 is 0 Å². The van der Waals surface area contributed by atoms with Crippen LogP contribution in [-0.4, -0.2) is 36.2 Å². The summed E-state index contributed by atoms with van der Waals surface area (Å²) in [5, 5.41) is 0. The second-order valence-electron chi connectivity index (χ2n) is 4.08. The first-order valence-corrected chi connectivity index (χ1v) is 6.24. The average molecular weight is 276 g/mol. The van der Waals surface area contributed by atoms with Crippen molar-refractivity contribution in [1.29, 1.82) is 0 Å². The van der Waals surface area contributed by atoms with E-state index in [1.165, 1.54) is 0 Å². The number of hydrogen-bond acceptors (Lipinski definition) is 1. The van der Waals surface area contributed by atoms with Crippen LogP contribution in [0.25, 0.3) is 0 Å². The lowest BCUT2D eigenvalue weighted by molar-refractivity contribution is -0.132. The zero-order valence-corrected chi connectivity index (χ0v) is 11.0. The SMILES string of the molecule is Cc1ccc(CC(=O)N(CCCl)CC(F)F)cc1. The van der Waals surface area contributed by atoms with Crippen molar-refractivity contribution in [2.45, 2.75) is 19.8 Å². The van der Waals surface area contributed by atoms with E-state index in [0.717, 1.165) is 16.0 Å². The van der Waals surface area contributed by atoms with Crippen LogP contribution in [0, 0.1) is 6.92 Å². The van der Waals surface area contributed by atoms with Gasteiger partial charge in [0.1, 0.15) is 0 Å². The zero-order chi connectivity index (χ0) is 13.5. The molecule has 0 saturated carbocycles. The van der Waals surface area contributed by atoms with Crippen LogP contribution in [0.3, 0.4) is 0 Å². The number of alkyl halides is 3. The van der Waals surface area contributed by atoms with Crippen LogP contribution in [0.5, 0.6) is 0 Å². The van der Waals surface area contributed by atoms with Crippen molar-refractivity contribution in [1.82, 2.24) is 4.90 Å². The Morgan fingerprint density at radius 2 is 1.94 bits per heavy atom. The molecule has 0 aromatic heterocycles. The molecule has 18 heavy (non-hydrogen) atoms. The van der Waals surface area contributed by atoms with E-state index in [2.05, 4.69) is 0 Å². The summed E-state index contributed by atoms with van der Waals surface area (Å²) in [7, 11) is 0. The Balaban J connectivity index is 2.63. The third kappa shape index (κ3) is 5.00. The van der Waals surface area contributed by atoms with Crippen molar-refractivity contribution in [2.75, 3.05) is 19.0 Å². The fraction of sp³-hybridized carbons (Fsp3) is 0.462. The molecule has 0 aliphatic rings. The molecule has 0 radical (unpaired) electrons. The average Bonchev–Trinajstić information content (AvgIpc) is 2.31. The fourth-order valence-electron chi connectivity index (χ4n) is 1.58. The Kier molecular flexibility index (Phi) is 6.05. The topological polar surface area (TPSA) is 20.3 Å². The lowest BCUT2D eigenvalue weighted by Crippen LogP contribution is -2.37. The highest BCUT2D eigenvalue weighted by Crippen LogP contribution is 2.07. The summed E-state index contributed by atoms with van der Waals surface area (Å²) in [6.07, 6.45) is -2.40. The van der Waals surface area contributed by atoms with E-state index >= 15 is 0 Å². The Labute approximate surface area is 111 Å². The predicted octanol–water partition coefficient (Wildman–Crippen LogP) is 2.87. The van der Waals surface area contributed by atoms with E-state index < -0.39 is 13.0 Å². The molecule has 1 rings (SSSR count). The largest absolute Gasteiger partial charge is 0.335 e. The number of aryl methyl sites for hydroxylation is 1. The fourth-order valence-corrected chi connectivity index (χ4v) is 1.78. The zero-order valence-electron chi connectivity index (χ0n) is 10.2. The van der Waals surface area contributed by atoms with Crippen molar-refractivity contribution in [3.8, 4) is 0 Å². The number of benzene rings is 1. The van der Waals surface area contributed by atoms with Gasteiger partial charge in [-0.25, -0.2) is 8.78 Å². The molecule has 0 atom stereocenters. The van der Waals surface area contributed by atoms with E-state index in [0.29, 0.717) is 0 Å². The second-order valence-corrected chi connectivity index (χ2v) is 4.46. The minimum Gasteiger partial charge on any atom is -0.335 e. The first-order chi connectivity index (χ1) is 8.52. The maximum atomic E-state index is 12.3. The number of carbonyl (C=O) groups excluding carboxylic acids is 1. The summed E-state index contributed by atoms with van der Waals surface area (Å²) in [6.45, 7) is 1.54. The Hall–Kier alpha value is -1.16. The molecule has 0 aliphatic heterocycles. The molecule has 0 heterocycles. The van der Waals surface area contributed by atoms with Gasteiger partial charge < -0.3 is 4.90 Å². The van der Waals surface area contributed by atoms with Crippen LogP contribution in [0.2, 0.25) is 0 Å². The number of nitrogens with zero attached hydrogens (tertiary/aromatic N) is 1. The molecule has 100 valence electrons. The molecule has 0 bridgehead atoms. The number of amides is 1. The van der Waals surface area contributed by atoms with Crippen LogP contribution in [0.15, 0.2) is 24.3 Å². The Morgan fingerprint density at radius 3 is 2.44 bits per heavy atom. The number of rotatable bonds is 6. The lowest BCUT2D eigenvalue weighted by atomic mass is 10.1. The molecule has 0 N–H and O–H groups in total. The first-order valence-electron chi connectivity index (χ1n) is 5.70. The van der Waals surface area contributed by atoms with Crippen LogP contribution in [-0.2, 0) is 11.2 Å². The molecular formula is C13H16ClF2NO. The van der Waals surface area contributed by atoms with Gasteiger partial charge in [0.05, 0.1) is 13.0 Å². The first kappa shape index (κ1) is 14.9. The van der Waals surface area contributed by atoms with E-state index in [4.69, 9.17) is 11.6 Å². The molecule has 1 aromatic rings. The van der Waals surface area contributed by atoms with Gasteiger partial charge in [0.25, 0.3) is 6.43 Å². The van der Waals surface area contributed by atoms with E-state index in [1.807, 2.05) is 31.2 Å². The quantitative estimate of drug-likeness (QED) is 0.731. The maximum absolute atomic E-state index is 12.3. The van der Waals surface area contributed by atoms with Gasteiger partial charge in [0.15, 0.2) is 0 Å². The highest BCUT2D eigenvalue weighted by atomic mass is 35.5. The van der Waals surface area contributed by atoms with Gasteiger partial charge in [0, 0.05) is 12.4 Å². The highest BCUT2D eigenvalue weighted by molar-refractivity contribution is 6.18. The monoisotopic (exact) mass is 275 g/mol. The molecule has 0 unspecified atom stereocenters. The maximum Gasteiger partial charge on any atom is 0.255 e. The molecule has 1 aromatic carbocycles. The molecule has 2 nitrogen and oxygen atoms in total. The Bertz CT molecular complexity index is 381. The van der Waals surface area contributed by atoms with Crippen LogP contribution >= 0.6 is 11.6 Å². The van der Waals surface area contributed by atoms with Crippen molar-refractivity contribution in [3.05, 3.63) is 35.4 Å². The minimum atomic E-state index is -2.53. The van der Waals surface area contributed by atoms with E-state index in [1.54, 1.807) is 0 Å². The van der Waals surface area contributed by atoms with Gasteiger partial charge >= 0.3 is 0 Å². The molecule has 1 amide bonds. The second kappa shape index (κ2) is 7.31. The molecule has 0 fully saturated rings. The summed E-state index contributed by atoms with van der Waals surface area (Å²) in [6, 6.07) is 7.44. The number of halogens is 3. The standard InChI is InChI=1S/C13H16ClF2NO/c1-10-2-4-11(5-3-10)8-13(18)17(7-6-14)9-12(15)16/h2-5,12H,6-9H2,1H3. The lowest BCUT2D eigenvalue weighted by Gasteiger charge is -2.21. The van der Waals surface area contributed by atoms with Gasteiger partial charge in [0.2, 0.25) is 5.91 Å². The smallest absolute Gasteiger partial charge is 0.255 e. The van der Waals surface area contributed by atoms with Crippen LogP contribution in [0.1, 0.15) is 11.1 Å². The van der Waals surface area contributed by atoms with Gasteiger partial charge in [-0.15, -0.1) is 11.6 Å². The van der Waals surface area contributed by atoms with Crippen molar-refractivity contribution in [2.24, 2.45) is 0 Å². The number of hydrogen-bond donors (Lipinski definition) is 0. The molecule has 5 heteroatoms. The van der Waals surface area contributed by atoms with E-state index in [-0.39, 0.29) is 24.8 Å². The third-order valence-electron chi connectivity index (χ3n) is 2.54. The molecule has 0 saturated heterocycles. The summed E-state index contributed by atoms with van der Waals surface area (Å²) in [5.74, 6) is -0.161. The normalized spacial score (nSPS) is 10.7. The van der Waals surface area contributed by atoms with Gasteiger partial charge in [-0.05, 0) is 12.5 Å². The summed E-state index contributed by atoms with van der Waals surface area (Å²) >= 11 is 5.51. The summed E-state index contributed by atoms with van der Waals surface area (Å²) in [4.78, 5) is 13.0. The number of carbonyl (C=O) groups is 1. The third-order valence-corrected chi connectivity index (χ3v) is 2.71. The van der Waals surface area contributed by atoms with Crippen molar-refractivity contribution < 1.29 is 13.6 Å². The van der Waals surface area contributed by atoms with Crippen LogP contribution in [0.4, 0.5) is 8.78 Å². The summed E-state index contributed by atoms with van der Waals surface area (Å²) in [5.41, 5.74) is 1.91. The van der Waals surface area contributed by atoms with Gasteiger partial charge in [-0.3, -0.25) is 4.79 Å². The molecule has 0 spiro atoms. The Morgan fingerprint density at radius 1 is 1.33 bits per heavy atom.